The number of carbonyl (C=O) groups is 2. The first kappa shape index (κ1) is 45.4. The lowest BCUT2D eigenvalue weighted by atomic mass is 9.55. The van der Waals surface area contributed by atoms with Gasteiger partial charge in [-0.3, -0.25) is 4.90 Å². The predicted octanol–water partition coefficient (Wildman–Crippen LogP) is 8.22. The Hall–Kier alpha value is -4.14. The Bertz CT molecular complexity index is 1770. The van der Waals surface area contributed by atoms with Gasteiger partial charge in [-0.2, -0.15) is 0 Å². The fourth-order valence-electron chi connectivity index (χ4n) is 9.37. The zero-order valence-electron chi connectivity index (χ0n) is 34.8. The summed E-state index contributed by atoms with van der Waals surface area (Å²) in [6, 6.07) is 14.3. The summed E-state index contributed by atoms with van der Waals surface area (Å²) < 4.78 is 31.8. The third-order valence-electron chi connectivity index (χ3n) is 11.9. The molecule has 3 N–H and O–H groups in total. The summed E-state index contributed by atoms with van der Waals surface area (Å²) in [6.45, 7) is 7.52. The molecule has 1 unspecified atom stereocenters. The van der Waals surface area contributed by atoms with Crippen molar-refractivity contribution in [3.05, 3.63) is 84.0 Å². The molecule has 1 saturated heterocycles. The van der Waals surface area contributed by atoms with Crippen LogP contribution in [0.2, 0.25) is 0 Å². The van der Waals surface area contributed by atoms with Crippen molar-refractivity contribution >= 4 is 29.5 Å². The van der Waals surface area contributed by atoms with Crippen LogP contribution in [-0.4, -0.2) is 96.6 Å². The molecule has 0 radical (unpaired) electrons. The van der Waals surface area contributed by atoms with Gasteiger partial charge < -0.3 is 44.1 Å². The molecule has 2 aromatic carbocycles. The fraction of sp³-hybridized carbons (Fsp3) is 0.587. The van der Waals surface area contributed by atoms with Crippen LogP contribution in [0.25, 0.3) is 0 Å². The summed E-state index contributed by atoms with van der Waals surface area (Å²) in [7, 11) is 0. The van der Waals surface area contributed by atoms with Crippen LogP contribution in [0.1, 0.15) is 94.6 Å². The Balaban J connectivity index is 1.52. The van der Waals surface area contributed by atoms with Crippen LogP contribution in [0.15, 0.2) is 78.0 Å². The average molecular weight is 852 g/mol. The molecule has 2 heterocycles. The minimum absolute atomic E-state index is 0.00840. The molecule has 6 rings (SSSR count). The highest BCUT2D eigenvalue weighted by atomic mass is 35.5. The molecule has 14 heteroatoms. The molecule has 328 valence electrons. The van der Waals surface area contributed by atoms with E-state index in [1.165, 1.54) is 0 Å². The monoisotopic (exact) mass is 851 g/mol. The number of amides is 2. The maximum atomic E-state index is 14.1. The van der Waals surface area contributed by atoms with Crippen LogP contribution in [-0.2, 0) is 25.6 Å². The van der Waals surface area contributed by atoms with Crippen LogP contribution in [0.5, 0.6) is 11.5 Å². The first-order valence-electron chi connectivity index (χ1n) is 21.7. The van der Waals surface area contributed by atoms with Gasteiger partial charge in [-0.25, -0.2) is 9.59 Å². The highest BCUT2D eigenvalue weighted by molar-refractivity contribution is 6.18. The van der Waals surface area contributed by atoms with E-state index in [0.29, 0.717) is 62.6 Å². The molecule has 7 atom stereocenters. The van der Waals surface area contributed by atoms with E-state index in [9.17, 15) is 19.8 Å². The summed E-state index contributed by atoms with van der Waals surface area (Å²) in [5.41, 5.74) is 3.33. The van der Waals surface area contributed by atoms with Crippen LogP contribution in [0.4, 0.5) is 9.59 Å². The van der Waals surface area contributed by atoms with Crippen molar-refractivity contribution in [3.8, 4) is 11.5 Å². The largest absolute Gasteiger partial charge is 0.459 e. The minimum atomic E-state index is -1.45. The number of oxime groups is 1. The van der Waals surface area contributed by atoms with Crippen LogP contribution >= 0.6 is 11.6 Å². The highest BCUT2D eigenvalue weighted by Crippen LogP contribution is 2.62. The molecule has 4 aliphatic rings. The lowest BCUT2D eigenvalue weighted by Gasteiger charge is -2.59. The number of hydrogen-bond acceptors (Lipinski definition) is 11. The van der Waals surface area contributed by atoms with Gasteiger partial charge in [0.2, 0.25) is 12.1 Å². The van der Waals surface area contributed by atoms with Gasteiger partial charge in [-0.05, 0) is 86.1 Å². The zero-order valence-corrected chi connectivity index (χ0v) is 35.6. The first-order chi connectivity index (χ1) is 29.4. The van der Waals surface area contributed by atoms with E-state index < -0.39 is 36.2 Å². The topological polar surface area (TPSA) is 158 Å². The quantitative estimate of drug-likeness (QED) is 0.0484. The summed E-state index contributed by atoms with van der Waals surface area (Å²) >= 11 is 6.02. The number of nitrogens with one attached hydrogen (secondary N) is 1. The standard InChI is InChI=1S/C46H62ClN3O10/c1-3-22-50(45(54)56-27-21-47)40-30-38(49-60-41-18-10-13-26-55-41)36-28-33(16-8-11-23-51)35(17-9-12-24-52)42-37-29-34(58-44(53)48-31-32-14-6-5-7-15-32)19-20-39(37)59-46(40,43(36)42)57-25-4-2/h4-7,14-15,19-20,28-29,33,35,40-43,51-52H,2-3,8-13,16-18,21-27,30-31H2,1H3,(H,48,53)/t33-,35+,40-,41?,42+,43+,46+/m0/s1. The molecule has 2 amide bonds. The molecule has 13 nitrogen and oxygen atoms in total. The number of unbranched alkanes of at least 4 members (excludes halogenated alkanes) is 2. The molecule has 0 aromatic heterocycles. The van der Waals surface area contributed by atoms with E-state index in [1.807, 2.05) is 49.4 Å². The van der Waals surface area contributed by atoms with E-state index in [4.69, 9.17) is 45.3 Å². The molecule has 0 spiro atoms. The van der Waals surface area contributed by atoms with Crippen LogP contribution in [0, 0.1) is 17.8 Å². The Morgan fingerprint density at radius 2 is 1.88 bits per heavy atom. The number of fused-ring (bicyclic) bond motifs is 2. The van der Waals surface area contributed by atoms with Gasteiger partial charge in [0.25, 0.3) is 0 Å². The van der Waals surface area contributed by atoms with Crippen molar-refractivity contribution in [1.82, 2.24) is 10.2 Å². The zero-order chi connectivity index (χ0) is 42.3. The molecular weight excluding hydrogens is 790 g/mol. The number of aliphatic hydroxyl groups is 2. The number of alkyl halides is 1. The Morgan fingerprint density at radius 1 is 1.08 bits per heavy atom. The number of rotatable bonds is 21. The summed E-state index contributed by atoms with van der Waals surface area (Å²) in [6.07, 6.45) is 10.2. The van der Waals surface area contributed by atoms with Gasteiger partial charge in [0, 0.05) is 50.6 Å². The summed E-state index contributed by atoms with van der Waals surface area (Å²) in [4.78, 5) is 35.2. The molecule has 2 aliphatic carbocycles. The number of halogens is 1. The highest BCUT2D eigenvalue weighted by Gasteiger charge is 2.65. The predicted molar refractivity (Wildman–Crippen MR) is 228 cm³/mol. The second-order valence-corrected chi connectivity index (χ2v) is 16.3. The SMILES string of the molecule is C=CCO[C@@]12Oc3ccc(OC(=O)NCc4ccccc4)cc3[C@H]3[C@H](CCCCO)[C@@H](CCCCO)C=C(C(=NOC4CCCCO4)C[C@@H]1N(CCC)C(=O)OCCCl)[C@H]32. The molecule has 2 aromatic rings. The van der Waals surface area contributed by atoms with Crippen molar-refractivity contribution in [2.45, 2.75) is 108 Å². The van der Waals surface area contributed by atoms with E-state index in [1.54, 1.807) is 17.0 Å². The number of aliphatic hydroxyl groups excluding tert-OH is 2. The number of hydrogen-bond donors (Lipinski definition) is 3. The normalized spacial score (nSPS) is 26.1. The lowest BCUT2D eigenvalue weighted by Crippen LogP contribution is -2.70. The molecule has 1 saturated carbocycles. The number of allylic oxidation sites excluding steroid dienone is 1. The van der Waals surface area contributed by atoms with Crippen molar-refractivity contribution in [2.75, 3.05) is 45.5 Å². The second-order valence-electron chi connectivity index (χ2n) is 15.9. The van der Waals surface area contributed by atoms with Crippen LogP contribution < -0.4 is 14.8 Å². The Labute approximate surface area is 359 Å². The molecule has 0 bridgehead atoms. The maximum absolute atomic E-state index is 14.1. The van der Waals surface area contributed by atoms with Crippen molar-refractivity contribution in [3.63, 3.8) is 0 Å². The third-order valence-corrected chi connectivity index (χ3v) is 12.1. The Morgan fingerprint density at radius 3 is 2.60 bits per heavy atom. The molecule has 60 heavy (non-hydrogen) atoms. The summed E-state index contributed by atoms with van der Waals surface area (Å²) in [5, 5.41) is 27.5. The smallest absolute Gasteiger partial charge is 0.412 e. The van der Waals surface area contributed by atoms with Crippen molar-refractivity contribution in [2.24, 2.45) is 22.9 Å². The number of benzene rings is 2. The number of carbonyl (C=O) groups excluding carboxylic acids is 2. The van der Waals surface area contributed by atoms with Crippen LogP contribution in [0.3, 0.4) is 0 Å². The fourth-order valence-corrected chi connectivity index (χ4v) is 9.44. The van der Waals surface area contributed by atoms with Gasteiger partial charge >= 0.3 is 12.2 Å². The minimum Gasteiger partial charge on any atom is -0.459 e. The second kappa shape index (κ2) is 22.6. The number of nitrogens with zero attached hydrogens (tertiary/aromatic N) is 2. The summed E-state index contributed by atoms with van der Waals surface area (Å²) in [5.74, 6) is -1.23. The van der Waals surface area contributed by atoms with E-state index >= 15 is 0 Å². The lowest BCUT2D eigenvalue weighted by molar-refractivity contribution is -0.255. The molecule has 2 aliphatic heterocycles. The first-order valence-corrected chi connectivity index (χ1v) is 22.3. The Kier molecular flexibility index (Phi) is 17.1. The van der Waals surface area contributed by atoms with E-state index in [2.05, 4.69) is 18.0 Å². The maximum Gasteiger partial charge on any atom is 0.412 e. The molecule has 2 fully saturated rings. The van der Waals surface area contributed by atoms with Gasteiger partial charge in [0.05, 0.1) is 30.7 Å². The van der Waals surface area contributed by atoms with Gasteiger partial charge in [0.1, 0.15) is 24.1 Å². The van der Waals surface area contributed by atoms with Gasteiger partial charge in [0.15, 0.2) is 0 Å². The molecular formula is C46H62ClN3O10. The average Bonchev–Trinajstić information content (AvgIpc) is 3.27. The third kappa shape index (κ3) is 10.8. The van der Waals surface area contributed by atoms with E-state index in [-0.39, 0.29) is 56.5 Å². The van der Waals surface area contributed by atoms with E-state index in [0.717, 1.165) is 55.2 Å². The van der Waals surface area contributed by atoms with Gasteiger partial charge in [-0.15, -0.1) is 18.2 Å². The van der Waals surface area contributed by atoms with Crippen molar-refractivity contribution < 1.29 is 48.3 Å². The van der Waals surface area contributed by atoms with Crippen molar-refractivity contribution in [1.29, 1.82) is 0 Å². The van der Waals surface area contributed by atoms with Gasteiger partial charge in [-0.1, -0.05) is 67.4 Å². The number of ether oxygens (including phenoxy) is 5.